The van der Waals surface area contributed by atoms with E-state index in [9.17, 15) is 13.5 Å². The van der Waals surface area contributed by atoms with Gasteiger partial charge >= 0.3 is 0 Å². The summed E-state index contributed by atoms with van der Waals surface area (Å²) in [5.41, 5.74) is 0. The van der Waals surface area contributed by atoms with Crippen molar-refractivity contribution in [1.82, 2.24) is 4.72 Å². The third-order valence-electron chi connectivity index (χ3n) is 3.14. The van der Waals surface area contributed by atoms with Gasteiger partial charge in [-0.05, 0) is 49.9 Å². The van der Waals surface area contributed by atoms with Crippen LogP contribution in [0.1, 0.15) is 25.7 Å². The van der Waals surface area contributed by atoms with Crippen molar-refractivity contribution in [2.75, 3.05) is 0 Å². The average Bonchev–Trinajstić information content (AvgIpc) is 2.32. The zero-order chi connectivity index (χ0) is 13.2. The van der Waals surface area contributed by atoms with Crippen molar-refractivity contribution in [3.05, 3.63) is 28.7 Å². The summed E-state index contributed by atoms with van der Waals surface area (Å²) in [4.78, 5) is 0.275. The lowest BCUT2D eigenvalue weighted by molar-refractivity contribution is 0.120. The summed E-state index contributed by atoms with van der Waals surface area (Å²) in [5, 5.41) is 9.39. The van der Waals surface area contributed by atoms with Gasteiger partial charge in [0.2, 0.25) is 10.0 Å². The van der Waals surface area contributed by atoms with Crippen LogP contribution in [0.25, 0.3) is 0 Å². The van der Waals surface area contributed by atoms with Gasteiger partial charge in [0.1, 0.15) is 0 Å². The van der Waals surface area contributed by atoms with Crippen LogP contribution in [0.3, 0.4) is 0 Å². The Kier molecular flexibility index (Phi) is 4.42. The summed E-state index contributed by atoms with van der Waals surface area (Å²) < 4.78 is 27.8. The largest absolute Gasteiger partial charge is 0.393 e. The Balaban J connectivity index is 2.05. The van der Waals surface area contributed by atoms with Gasteiger partial charge in [0.25, 0.3) is 0 Å². The van der Waals surface area contributed by atoms with E-state index in [0.29, 0.717) is 25.7 Å². The van der Waals surface area contributed by atoms with Crippen molar-refractivity contribution in [2.24, 2.45) is 0 Å². The average molecular weight is 334 g/mol. The molecule has 0 heterocycles. The van der Waals surface area contributed by atoms with Gasteiger partial charge in [0.15, 0.2) is 0 Å². The molecule has 100 valence electrons. The van der Waals surface area contributed by atoms with Crippen molar-refractivity contribution in [3.8, 4) is 0 Å². The lowest BCUT2D eigenvalue weighted by Crippen LogP contribution is -2.38. The van der Waals surface area contributed by atoms with Crippen LogP contribution in [0.4, 0.5) is 0 Å². The minimum atomic E-state index is -3.45. The molecule has 6 heteroatoms. The van der Waals surface area contributed by atoms with Crippen LogP contribution in [0.2, 0.25) is 0 Å². The summed E-state index contributed by atoms with van der Waals surface area (Å²) in [7, 11) is -3.45. The normalized spacial score (nSPS) is 25.0. The molecule has 0 radical (unpaired) electrons. The van der Waals surface area contributed by atoms with Crippen LogP contribution >= 0.6 is 15.9 Å². The zero-order valence-corrected chi connectivity index (χ0v) is 12.2. The molecular formula is C12H16BrNO3S. The van der Waals surface area contributed by atoms with Gasteiger partial charge in [0, 0.05) is 10.5 Å². The molecule has 1 aromatic carbocycles. The fraction of sp³-hybridized carbons (Fsp3) is 0.500. The Labute approximate surface area is 116 Å². The maximum absolute atomic E-state index is 12.1. The lowest BCUT2D eigenvalue weighted by Gasteiger charge is -2.25. The minimum absolute atomic E-state index is 0.0675. The Morgan fingerprint density at radius 2 is 1.67 bits per heavy atom. The summed E-state index contributed by atoms with van der Waals surface area (Å²) in [5.74, 6) is 0. The first-order valence-electron chi connectivity index (χ1n) is 5.93. The summed E-state index contributed by atoms with van der Waals surface area (Å²) >= 11 is 3.27. The zero-order valence-electron chi connectivity index (χ0n) is 9.84. The second-order valence-corrected chi connectivity index (χ2v) is 7.21. The van der Waals surface area contributed by atoms with Crippen molar-refractivity contribution in [2.45, 2.75) is 42.7 Å². The number of aliphatic hydroxyl groups is 1. The van der Waals surface area contributed by atoms with E-state index in [1.165, 1.54) is 0 Å². The second-order valence-electron chi connectivity index (χ2n) is 4.58. The highest BCUT2D eigenvalue weighted by Crippen LogP contribution is 2.21. The lowest BCUT2D eigenvalue weighted by atomic mass is 9.94. The highest BCUT2D eigenvalue weighted by atomic mass is 79.9. The number of halogens is 1. The molecule has 18 heavy (non-hydrogen) atoms. The molecule has 4 nitrogen and oxygen atoms in total. The summed E-state index contributed by atoms with van der Waals surface area (Å²) in [6.07, 6.45) is 2.42. The highest BCUT2D eigenvalue weighted by molar-refractivity contribution is 9.10. The second kappa shape index (κ2) is 5.69. The monoisotopic (exact) mass is 333 g/mol. The SMILES string of the molecule is O=S(=O)(N[C@H]1CC[C@@H](O)CC1)c1ccc(Br)cc1. The number of aliphatic hydroxyl groups excluding tert-OH is 1. The molecule has 1 fully saturated rings. The van der Waals surface area contributed by atoms with Gasteiger partial charge in [-0.3, -0.25) is 0 Å². The van der Waals surface area contributed by atoms with Crippen LogP contribution in [-0.4, -0.2) is 25.7 Å². The van der Waals surface area contributed by atoms with Gasteiger partial charge in [-0.2, -0.15) is 0 Å². The first-order valence-corrected chi connectivity index (χ1v) is 8.21. The highest BCUT2D eigenvalue weighted by Gasteiger charge is 2.24. The van der Waals surface area contributed by atoms with E-state index in [-0.39, 0.29) is 17.0 Å². The van der Waals surface area contributed by atoms with E-state index in [0.717, 1.165) is 4.47 Å². The van der Waals surface area contributed by atoms with Gasteiger partial charge < -0.3 is 5.11 Å². The quantitative estimate of drug-likeness (QED) is 0.889. The molecule has 1 saturated carbocycles. The molecule has 0 bridgehead atoms. The van der Waals surface area contributed by atoms with Crippen LogP contribution in [-0.2, 0) is 10.0 Å². The molecule has 0 saturated heterocycles. The Hall–Kier alpha value is -0.430. The van der Waals surface area contributed by atoms with Crippen LogP contribution in [0.5, 0.6) is 0 Å². The Morgan fingerprint density at radius 1 is 1.11 bits per heavy atom. The maximum atomic E-state index is 12.1. The van der Waals surface area contributed by atoms with Crippen molar-refractivity contribution in [3.63, 3.8) is 0 Å². The number of nitrogens with one attached hydrogen (secondary N) is 1. The molecule has 0 aromatic heterocycles. The number of hydrogen-bond acceptors (Lipinski definition) is 3. The first-order chi connectivity index (χ1) is 8.47. The molecule has 0 amide bonds. The molecule has 2 rings (SSSR count). The van der Waals surface area contributed by atoms with Gasteiger partial charge in [-0.1, -0.05) is 15.9 Å². The van der Waals surface area contributed by atoms with Crippen molar-refractivity contribution >= 4 is 26.0 Å². The van der Waals surface area contributed by atoms with Crippen molar-refractivity contribution < 1.29 is 13.5 Å². The molecule has 2 N–H and O–H groups in total. The predicted octanol–water partition coefficient (Wildman–Crippen LogP) is 2.03. The molecule has 1 aliphatic carbocycles. The smallest absolute Gasteiger partial charge is 0.240 e. The molecule has 0 unspecified atom stereocenters. The predicted molar refractivity (Wildman–Crippen MR) is 72.7 cm³/mol. The van der Waals surface area contributed by atoms with Crippen LogP contribution in [0.15, 0.2) is 33.6 Å². The minimum Gasteiger partial charge on any atom is -0.393 e. The molecule has 0 aliphatic heterocycles. The molecular weight excluding hydrogens is 318 g/mol. The van der Waals surface area contributed by atoms with E-state index in [1.807, 2.05) is 0 Å². The fourth-order valence-electron chi connectivity index (χ4n) is 2.09. The Morgan fingerprint density at radius 3 is 2.22 bits per heavy atom. The van der Waals surface area contributed by atoms with E-state index in [1.54, 1.807) is 24.3 Å². The summed E-state index contributed by atoms with van der Waals surface area (Å²) in [6, 6.07) is 6.49. The standard InChI is InChI=1S/C12H16BrNO3S/c13-9-1-7-12(8-2-9)18(16,17)14-10-3-5-11(15)6-4-10/h1-2,7-8,10-11,14-15H,3-6H2/t10-,11+. The Bertz CT molecular complexity index is 493. The van der Waals surface area contributed by atoms with Crippen molar-refractivity contribution in [1.29, 1.82) is 0 Å². The van der Waals surface area contributed by atoms with E-state index in [4.69, 9.17) is 0 Å². The van der Waals surface area contributed by atoms with Gasteiger partial charge in [0.05, 0.1) is 11.0 Å². The van der Waals surface area contributed by atoms with E-state index < -0.39 is 10.0 Å². The number of benzene rings is 1. The fourth-order valence-corrected chi connectivity index (χ4v) is 3.66. The number of hydrogen-bond donors (Lipinski definition) is 2. The summed E-state index contributed by atoms with van der Waals surface area (Å²) in [6.45, 7) is 0. The third kappa shape index (κ3) is 3.54. The molecule has 0 spiro atoms. The number of sulfonamides is 1. The third-order valence-corrected chi connectivity index (χ3v) is 5.21. The number of rotatable bonds is 3. The van der Waals surface area contributed by atoms with E-state index >= 15 is 0 Å². The van der Waals surface area contributed by atoms with Crippen LogP contribution < -0.4 is 4.72 Å². The van der Waals surface area contributed by atoms with E-state index in [2.05, 4.69) is 20.7 Å². The molecule has 1 aromatic rings. The first kappa shape index (κ1) is 14.0. The van der Waals surface area contributed by atoms with Gasteiger partial charge in [-0.25, -0.2) is 13.1 Å². The van der Waals surface area contributed by atoms with Gasteiger partial charge in [-0.15, -0.1) is 0 Å². The molecule has 1 aliphatic rings. The molecule has 0 atom stereocenters. The topological polar surface area (TPSA) is 66.4 Å². The maximum Gasteiger partial charge on any atom is 0.240 e. The van der Waals surface area contributed by atoms with Crippen LogP contribution in [0, 0.1) is 0 Å².